The second-order valence-electron chi connectivity index (χ2n) is 8.49. The van der Waals surface area contributed by atoms with Crippen molar-refractivity contribution < 1.29 is 44.5 Å². The molecule has 36 heavy (non-hydrogen) atoms. The SMILES string of the molecule is CS(=O)(=O)c1cc(F)c(NC2CCCN(C3CCN(c4noc(C(F)(F)F)n4)C(=O)C3)C2=O)c(F)c1. The molecule has 4 rings (SSSR count). The molecule has 0 saturated carbocycles. The summed E-state index contributed by atoms with van der Waals surface area (Å²) < 4.78 is 94.4. The van der Waals surface area contributed by atoms with Crippen LogP contribution in [0.25, 0.3) is 0 Å². The summed E-state index contributed by atoms with van der Waals surface area (Å²) in [5.41, 5.74) is -0.647. The van der Waals surface area contributed by atoms with Crippen LogP contribution < -0.4 is 10.2 Å². The van der Waals surface area contributed by atoms with Gasteiger partial charge >= 0.3 is 12.1 Å². The zero-order valence-electron chi connectivity index (χ0n) is 18.7. The Balaban J connectivity index is 1.45. The Morgan fingerprint density at radius 2 is 1.78 bits per heavy atom. The largest absolute Gasteiger partial charge is 0.471 e. The fourth-order valence-electron chi connectivity index (χ4n) is 4.21. The van der Waals surface area contributed by atoms with E-state index < -0.39 is 74.0 Å². The average molecular weight is 537 g/mol. The maximum absolute atomic E-state index is 14.5. The van der Waals surface area contributed by atoms with Gasteiger partial charge in [0.05, 0.1) is 4.90 Å². The van der Waals surface area contributed by atoms with Crippen molar-refractivity contribution in [2.45, 2.75) is 48.8 Å². The van der Waals surface area contributed by atoms with Gasteiger partial charge in [0.1, 0.15) is 11.7 Å². The molecule has 0 spiro atoms. The lowest BCUT2D eigenvalue weighted by molar-refractivity contribution is -0.159. The number of hydrogen-bond donors (Lipinski definition) is 1. The molecule has 196 valence electrons. The van der Waals surface area contributed by atoms with Crippen LogP contribution in [-0.2, 0) is 25.6 Å². The summed E-state index contributed by atoms with van der Waals surface area (Å²) in [5.74, 6) is -5.60. The molecule has 2 amide bonds. The first-order chi connectivity index (χ1) is 16.8. The third-order valence-corrected chi connectivity index (χ3v) is 7.06. The van der Waals surface area contributed by atoms with Crippen molar-refractivity contribution in [3.05, 3.63) is 29.7 Å². The Bertz CT molecular complexity index is 1280. The number of carbonyl (C=O) groups excluding carboxylic acids is 2. The van der Waals surface area contributed by atoms with Crippen LogP contribution in [0.5, 0.6) is 0 Å². The van der Waals surface area contributed by atoms with Crippen molar-refractivity contribution in [3.8, 4) is 0 Å². The average Bonchev–Trinajstić information content (AvgIpc) is 3.27. The van der Waals surface area contributed by atoms with E-state index in [1.54, 1.807) is 0 Å². The molecule has 1 aromatic carbocycles. The number of sulfone groups is 1. The lowest BCUT2D eigenvalue weighted by atomic mass is 9.96. The number of halogens is 5. The molecule has 16 heteroatoms. The first-order valence-corrected chi connectivity index (χ1v) is 12.6. The molecule has 2 aromatic rings. The fraction of sp³-hybridized carbons (Fsp3) is 0.500. The number of hydrogen-bond acceptors (Lipinski definition) is 8. The lowest BCUT2D eigenvalue weighted by Gasteiger charge is -2.41. The van der Waals surface area contributed by atoms with Gasteiger partial charge in [-0.3, -0.25) is 14.5 Å². The van der Waals surface area contributed by atoms with E-state index in [-0.39, 0.29) is 32.4 Å². The lowest BCUT2D eigenvalue weighted by Crippen LogP contribution is -2.56. The molecule has 1 N–H and O–H groups in total. The van der Waals surface area contributed by atoms with E-state index in [1.807, 2.05) is 0 Å². The quantitative estimate of drug-likeness (QED) is 0.577. The van der Waals surface area contributed by atoms with Crippen LogP contribution in [0.3, 0.4) is 0 Å². The Kier molecular flexibility index (Phi) is 6.66. The van der Waals surface area contributed by atoms with Crippen LogP contribution in [-0.4, -0.2) is 66.7 Å². The highest BCUT2D eigenvalue weighted by molar-refractivity contribution is 7.90. The molecular weight excluding hydrogens is 517 g/mol. The number of nitrogens with zero attached hydrogens (tertiary/aromatic N) is 4. The van der Waals surface area contributed by atoms with E-state index in [0.29, 0.717) is 18.6 Å². The van der Waals surface area contributed by atoms with Crippen molar-refractivity contribution in [1.82, 2.24) is 15.0 Å². The van der Waals surface area contributed by atoms with Crippen LogP contribution in [0.1, 0.15) is 31.6 Å². The summed E-state index contributed by atoms with van der Waals surface area (Å²) in [6.45, 7) is 0.200. The number of alkyl halides is 3. The van der Waals surface area contributed by atoms with Crippen LogP contribution in [0.2, 0.25) is 0 Å². The van der Waals surface area contributed by atoms with Gasteiger partial charge in [-0.05, 0) is 36.6 Å². The maximum atomic E-state index is 14.5. The van der Waals surface area contributed by atoms with Gasteiger partial charge < -0.3 is 14.7 Å². The van der Waals surface area contributed by atoms with Crippen molar-refractivity contribution in [2.24, 2.45) is 0 Å². The summed E-state index contributed by atoms with van der Waals surface area (Å²) >= 11 is 0. The van der Waals surface area contributed by atoms with E-state index in [9.17, 15) is 40.0 Å². The van der Waals surface area contributed by atoms with Gasteiger partial charge in [-0.1, -0.05) is 0 Å². The number of rotatable bonds is 5. The zero-order chi connectivity index (χ0) is 26.4. The molecule has 2 saturated heterocycles. The second-order valence-corrected chi connectivity index (χ2v) is 10.5. The molecule has 0 aliphatic carbocycles. The number of nitrogens with one attached hydrogen (secondary N) is 1. The maximum Gasteiger partial charge on any atom is 0.471 e. The molecular formula is C20H20F5N5O5S. The van der Waals surface area contributed by atoms with Gasteiger partial charge in [-0.25, -0.2) is 17.2 Å². The number of benzene rings is 1. The number of anilines is 2. The third-order valence-electron chi connectivity index (χ3n) is 5.97. The minimum absolute atomic E-state index is 0.0710. The molecule has 2 fully saturated rings. The summed E-state index contributed by atoms with van der Waals surface area (Å²) in [6, 6.07) is -0.321. The van der Waals surface area contributed by atoms with E-state index >= 15 is 0 Å². The van der Waals surface area contributed by atoms with Gasteiger partial charge in [0.2, 0.25) is 11.8 Å². The summed E-state index contributed by atoms with van der Waals surface area (Å²) in [5, 5.41) is 5.71. The minimum Gasteiger partial charge on any atom is -0.369 e. The van der Waals surface area contributed by atoms with Gasteiger partial charge in [-0.2, -0.15) is 18.2 Å². The minimum atomic E-state index is -4.86. The number of carbonyl (C=O) groups is 2. The Morgan fingerprint density at radius 1 is 1.11 bits per heavy atom. The van der Waals surface area contributed by atoms with E-state index in [4.69, 9.17) is 0 Å². The number of piperidine rings is 2. The van der Waals surface area contributed by atoms with Gasteiger partial charge in [0.25, 0.3) is 5.95 Å². The highest BCUT2D eigenvalue weighted by Crippen LogP contribution is 2.31. The van der Waals surface area contributed by atoms with Crippen LogP contribution in [0.15, 0.2) is 21.6 Å². The monoisotopic (exact) mass is 537 g/mol. The molecule has 2 atom stereocenters. The topological polar surface area (TPSA) is 126 Å². The van der Waals surface area contributed by atoms with E-state index in [0.717, 1.165) is 11.2 Å². The summed E-state index contributed by atoms with van der Waals surface area (Å²) in [4.78, 5) is 30.7. The molecule has 10 nitrogen and oxygen atoms in total. The van der Waals surface area contributed by atoms with Gasteiger partial charge in [0.15, 0.2) is 21.5 Å². The molecule has 2 aliphatic rings. The highest BCUT2D eigenvalue weighted by Gasteiger charge is 2.42. The van der Waals surface area contributed by atoms with Gasteiger partial charge in [0, 0.05) is 31.8 Å². The molecule has 0 bridgehead atoms. The first kappa shape index (κ1) is 25.8. The number of likely N-dealkylation sites (tertiary alicyclic amines) is 1. The normalized spacial score (nSPS) is 21.7. The van der Waals surface area contributed by atoms with Crippen LogP contribution >= 0.6 is 0 Å². The van der Waals surface area contributed by atoms with E-state index in [2.05, 4.69) is 20.0 Å². The summed E-state index contributed by atoms with van der Waals surface area (Å²) in [6.07, 6.45) is -3.40. The van der Waals surface area contributed by atoms with Gasteiger partial charge in [-0.15, -0.1) is 0 Å². The highest BCUT2D eigenvalue weighted by atomic mass is 32.2. The van der Waals surface area contributed by atoms with Crippen molar-refractivity contribution in [1.29, 1.82) is 0 Å². The second kappa shape index (κ2) is 9.29. The Morgan fingerprint density at radius 3 is 2.33 bits per heavy atom. The zero-order valence-corrected chi connectivity index (χ0v) is 19.5. The molecule has 1 aromatic heterocycles. The molecule has 3 heterocycles. The third kappa shape index (κ3) is 5.12. The van der Waals surface area contributed by atoms with Crippen LogP contribution in [0, 0.1) is 11.6 Å². The predicted molar refractivity (Wildman–Crippen MR) is 113 cm³/mol. The number of aromatic nitrogens is 2. The fourth-order valence-corrected chi connectivity index (χ4v) is 4.84. The standard InChI is InChI=1S/C20H20F5N5O5S/c1-36(33,34)11-8-12(21)16(13(22)9-11)26-14-3-2-5-29(17(14)32)10-4-6-30(15(31)7-10)19-27-18(35-28-19)20(23,24)25/h8-10,14,26H,2-7H2,1H3. The Labute approximate surface area is 201 Å². The van der Waals surface area contributed by atoms with Crippen LogP contribution in [0.4, 0.5) is 33.6 Å². The predicted octanol–water partition coefficient (Wildman–Crippen LogP) is 2.37. The first-order valence-electron chi connectivity index (χ1n) is 10.7. The van der Waals surface area contributed by atoms with E-state index in [1.165, 1.54) is 4.90 Å². The molecule has 2 aliphatic heterocycles. The number of amides is 2. The molecule has 0 radical (unpaired) electrons. The smallest absolute Gasteiger partial charge is 0.369 e. The van der Waals surface area contributed by atoms with Crippen molar-refractivity contribution in [2.75, 3.05) is 29.6 Å². The van der Waals surface area contributed by atoms with Crippen molar-refractivity contribution >= 4 is 33.3 Å². The summed E-state index contributed by atoms with van der Waals surface area (Å²) in [7, 11) is -3.86. The van der Waals surface area contributed by atoms with Crippen molar-refractivity contribution in [3.63, 3.8) is 0 Å². The Hall–Kier alpha value is -3.30. The molecule has 2 unspecified atom stereocenters.